The standard InChI is InChI=1S/C19H29NO3/c1-14-11-22-12-15(2)20(14)10-17(21)13-23-19-9-5-7-16-6-3-4-8-18(16)19/h3-4,6,8,14-15,17,19,21H,5,7,9-13H2,1-2H3. The average Bonchev–Trinajstić information content (AvgIpc) is 2.56. The summed E-state index contributed by atoms with van der Waals surface area (Å²) >= 11 is 0. The maximum atomic E-state index is 10.4. The van der Waals surface area contributed by atoms with Crippen molar-refractivity contribution in [3.05, 3.63) is 35.4 Å². The van der Waals surface area contributed by atoms with E-state index in [0.717, 1.165) is 32.5 Å². The van der Waals surface area contributed by atoms with E-state index in [1.54, 1.807) is 0 Å². The van der Waals surface area contributed by atoms with Gasteiger partial charge in [-0.05, 0) is 44.2 Å². The molecule has 0 aromatic heterocycles. The Morgan fingerprint density at radius 1 is 1.26 bits per heavy atom. The number of ether oxygens (including phenoxy) is 2. The molecule has 3 rings (SSSR count). The molecule has 4 heteroatoms. The van der Waals surface area contributed by atoms with Crippen LogP contribution in [0.2, 0.25) is 0 Å². The number of aryl methyl sites for hydroxylation is 1. The molecular formula is C19H29NO3. The second kappa shape index (κ2) is 7.75. The minimum absolute atomic E-state index is 0.133. The number of hydrogen-bond donors (Lipinski definition) is 1. The predicted octanol–water partition coefficient (Wildman–Crippen LogP) is 2.55. The zero-order valence-electron chi connectivity index (χ0n) is 14.3. The van der Waals surface area contributed by atoms with Gasteiger partial charge in [-0.3, -0.25) is 4.90 Å². The Hall–Kier alpha value is -0.940. The van der Waals surface area contributed by atoms with Crippen LogP contribution in [0.1, 0.15) is 43.9 Å². The lowest BCUT2D eigenvalue weighted by Gasteiger charge is -2.39. The molecule has 1 saturated heterocycles. The Balaban J connectivity index is 1.52. The molecule has 0 bridgehead atoms. The summed E-state index contributed by atoms with van der Waals surface area (Å²) in [5.74, 6) is 0. The van der Waals surface area contributed by atoms with Gasteiger partial charge in [0.2, 0.25) is 0 Å². The number of β-amino-alcohol motifs (C(OH)–C–C–N with tert-alkyl or cyclic N) is 1. The van der Waals surface area contributed by atoms with E-state index in [1.807, 2.05) is 0 Å². The zero-order valence-corrected chi connectivity index (χ0v) is 14.3. The normalized spacial score (nSPS) is 30.0. The second-order valence-corrected chi connectivity index (χ2v) is 7.00. The number of hydrogen-bond acceptors (Lipinski definition) is 4. The van der Waals surface area contributed by atoms with Gasteiger partial charge < -0.3 is 14.6 Å². The summed E-state index contributed by atoms with van der Waals surface area (Å²) in [6.07, 6.45) is 3.03. The molecule has 0 amide bonds. The van der Waals surface area contributed by atoms with Crippen molar-refractivity contribution >= 4 is 0 Å². The third kappa shape index (κ3) is 4.13. The van der Waals surface area contributed by atoms with Gasteiger partial charge in [-0.25, -0.2) is 0 Å². The van der Waals surface area contributed by atoms with E-state index < -0.39 is 6.10 Å². The van der Waals surface area contributed by atoms with Gasteiger partial charge in [0.15, 0.2) is 0 Å². The fraction of sp³-hybridized carbons (Fsp3) is 0.684. The van der Waals surface area contributed by atoms with Crippen molar-refractivity contribution in [1.29, 1.82) is 0 Å². The van der Waals surface area contributed by atoms with Crippen LogP contribution in [-0.4, -0.2) is 54.6 Å². The van der Waals surface area contributed by atoms with Crippen molar-refractivity contribution in [1.82, 2.24) is 4.90 Å². The van der Waals surface area contributed by atoms with Crippen molar-refractivity contribution in [3.8, 4) is 0 Å². The van der Waals surface area contributed by atoms with E-state index in [9.17, 15) is 5.11 Å². The Morgan fingerprint density at radius 2 is 2.00 bits per heavy atom. The van der Waals surface area contributed by atoms with Crippen LogP contribution >= 0.6 is 0 Å². The maximum absolute atomic E-state index is 10.4. The topological polar surface area (TPSA) is 41.9 Å². The van der Waals surface area contributed by atoms with Crippen LogP contribution in [-0.2, 0) is 15.9 Å². The Bertz CT molecular complexity index is 497. The van der Waals surface area contributed by atoms with E-state index in [4.69, 9.17) is 9.47 Å². The molecule has 0 saturated carbocycles. The largest absolute Gasteiger partial charge is 0.389 e. The number of benzene rings is 1. The van der Waals surface area contributed by atoms with E-state index in [2.05, 4.69) is 43.0 Å². The van der Waals surface area contributed by atoms with Crippen LogP contribution in [0, 0.1) is 0 Å². The van der Waals surface area contributed by atoms with Gasteiger partial charge in [0.1, 0.15) is 0 Å². The summed E-state index contributed by atoms with van der Waals surface area (Å²) in [7, 11) is 0. The molecule has 1 aromatic carbocycles. The summed E-state index contributed by atoms with van der Waals surface area (Å²) in [5, 5.41) is 10.4. The van der Waals surface area contributed by atoms with E-state index in [-0.39, 0.29) is 6.10 Å². The highest BCUT2D eigenvalue weighted by Crippen LogP contribution is 2.32. The van der Waals surface area contributed by atoms with E-state index >= 15 is 0 Å². The van der Waals surface area contributed by atoms with Crippen LogP contribution in [0.4, 0.5) is 0 Å². The van der Waals surface area contributed by atoms with Crippen LogP contribution in [0.5, 0.6) is 0 Å². The molecule has 23 heavy (non-hydrogen) atoms. The third-order valence-electron chi connectivity index (χ3n) is 5.08. The molecule has 1 aromatic rings. The summed E-state index contributed by atoms with van der Waals surface area (Å²) in [4.78, 5) is 2.33. The van der Waals surface area contributed by atoms with Crippen LogP contribution in [0.3, 0.4) is 0 Å². The molecule has 1 aliphatic carbocycles. The summed E-state index contributed by atoms with van der Waals surface area (Å²) in [6, 6.07) is 9.23. The average molecular weight is 319 g/mol. The van der Waals surface area contributed by atoms with Gasteiger partial charge in [-0.1, -0.05) is 24.3 Å². The predicted molar refractivity (Wildman–Crippen MR) is 90.5 cm³/mol. The molecule has 4 atom stereocenters. The zero-order chi connectivity index (χ0) is 16.2. The number of aliphatic hydroxyl groups is 1. The molecule has 4 unspecified atom stereocenters. The van der Waals surface area contributed by atoms with Crippen LogP contribution in [0.25, 0.3) is 0 Å². The molecule has 4 nitrogen and oxygen atoms in total. The highest BCUT2D eigenvalue weighted by Gasteiger charge is 2.28. The molecule has 1 fully saturated rings. The van der Waals surface area contributed by atoms with Crippen LogP contribution in [0.15, 0.2) is 24.3 Å². The number of nitrogens with zero attached hydrogens (tertiary/aromatic N) is 1. The number of morpholine rings is 1. The first-order chi connectivity index (χ1) is 11.1. The van der Waals surface area contributed by atoms with Crippen molar-refractivity contribution < 1.29 is 14.6 Å². The quantitative estimate of drug-likeness (QED) is 0.906. The number of fused-ring (bicyclic) bond motifs is 1. The number of aliphatic hydroxyl groups excluding tert-OH is 1. The fourth-order valence-electron chi connectivity index (χ4n) is 3.80. The SMILES string of the molecule is CC1COCC(C)N1CC(O)COC1CCCc2ccccc21. The van der Waals surface area contributed by atoms with Gasteiger partial charge in [-0.15, -0.1) is 0 Å². The molecule has 0 spiro atoms. The van der Waals surface area contributed by atoms with Gasteiger partial charge in [0.25, 0.3) is 0 Å². The Morgan fingerprint density at radius 3 is 2.78 bits per heavy atom. The first-order valence-electron chi connectivity index (χ1n) is 8.86. The van der Waals surface area contributed by atoms with Gasteiger partial charge >= 0.3 is 0 Å². The molecular weight excluding hydrogens is 290 g/mol. The summed E-state index contributed by atoms with van der Waals surface area (Å²) in [6.45, 7) is 6.85. The minimum atomic E-state index is -0.452. The third-order valence-corrected chi connectivity index (χ3v) is 5.08. The smallest absolute Gasteiger partial charge is 0.0900 e. The first-order valence-corrected chi connectivity index (χ1v) is 8.86. The molecule has 2 aliphatic rings. The van der Waals surface area contributed by atoms with Gasteiger partial charge in [0.05, 0.1) is 32.0 Å². The van der Waals surface area contributed by atoms with Gasteiger partial charge in [-0.2, -0.15) is 0 Å². The second-order valence-electron chi connectivity index (χ2n) is 7.00. The van der Waals surface area contributed by atoms with E-state index in [0.29, 0.717) is 25.2 Å². The van der Waals surface area contributed by atoms with Crippen molar-refractivity contribution in [2.75, 3.05) is 26.4 Å². The van der Waals surface area contributed by atoms with Gasteiger partial charge in [0, 0.05) is 18.6 Å². The highest BCUT2D eigenvalue weighted by atomic mass is 16.5. The number of rotatable bonds is 5. The maximum Gasteiger partial charge on any atom is 0.0900 e. The molecule has 1 aliphatic heterocycles. The van der Waals surface area contributed by atoms with Crippen molar-refractivity contribution in [3.63, 3.8) is 0 Å². The molecule has 128 valence electrons. The first kappa shape index (κ1) is 16.9. The lowest BCUT2D eigenvalue weighted by Crippen LogP contribution is -2.52. The summed E-state index contributed by atoms with van der Waals surface area (Å²) in [5.41, 5.74) is 2.70. The highest BCUT2D eigenvalue weighted by molar-refractivity contribution is 5.31. The van der Waals surface area contributed by atoms with Crippen molar-refractivity contribution in [2.24, 2.45) is 0 Å². The lowest BCUT2D eigenvalue weighted by atomic mass is 9.89. The molecule has 0 radical (unpaired) electrons. The fourth-order valence-corrected chi connectivity index (χ4v) is 3.80. The minimum Gasteiger partial charge on any atom is -0.389 e. The Kier molecular flexibility index (Phi) is 5.70. The Labute approximate surface area is 139 Å². The summed E-state index contributed by atoms with van der Waals surface area (Å²) < 4.78 is 11.6. The molecule has 1 N–H and O–H groups in total. The van der Waals surface area contributed by atoms with E-state index in [1.165, 1.54) is 11.1 Å². The molecule has 1 heterocycles. The van der Waals surface area contributed by atoms with Crippen LogP contribution < -0.4 is 0 Å². The monoisotopic (exact) mass is 319 g/mol. The lowest BCUT2D eigenvalue weighted by molar-refractivity contribution is -0.0746. The van der Waals surface area contributed by atoms with Crippen molar-refractivity contribution in [2.45, 2.75) is 57.4 Å².